The van der Waals surface area contributed by atoms with Gasteiger partial charge in [0.2, 0.25) is 5.91 Å². The van der Waals surface area contributed by atoms with E-state index in [0.717, 1.165) is 28.1 Å². The molecule has 2 amide bonds. The molecule has 0 radical (unpaired) electrons. The first-order valence-electron chi connectivity index (χ1n) is 8.49. The zero-order valence-electron chi connectivity index (χ0n) is 15.3. The van der Waals surface area contributed by atoms with Gasteiger partial charge in [-0.1, -0.05) is 54.2 Å². The van der Waals surface area contributed by atoms with Crippen molar-refractivity contribution >= 4 is 33.7 Å². The molecule has 1 N–H and O–H groups in total. The summed E-state index contributed by atoms with van der Waals surface area (Å²) < 4.78 is 19.4. The van der Waals surface area contributed by atoms with Crippen LogP contribution in [0.3, 0.4) is 0 Å². The third-order valence-electron chi connectivity index (χ3n) is 4.42. The van der Waals surface area contributed by atoms with Crippen LogP contribution in [0.15, 0.2) is 60.7 Å². The first-order chi connectivity index (χ1) is 13.1. The van der Waals surface area contributed by atoms with Crippen LogP contribution in [-0.2, 0) is 17.8 Å². The van der Waals surface area contributed by atoms with Gasteiger partial charge in [0.1, 0.15) is 18.2 Å². The molecule has 28 heavy (non-hydrogen) atoms. The number of benzene rings is 3. The van der Waals surface area contributed by atoms with Crippen molar-refractivity contribution in [3.8, 4) is 5.75 Å². The molecule has 1 aliphatic heterocycles. The molecule has 0 bridgehead atoms. The van der Waals surface area contributed by atoms with Gasteiger partial charge in [-0.25, -0.2) is 4.39 Å². The number of thioether (sulfide) groups is 1. The van der Waals surface area contributed by atoms with E-state index in [1.165, 1.54) is 6.07 Å². The van der Waals surface area contributed by atoms with E-state index in [0.29, 0.717) is 17.7 Å². The molecule has 0 saturated carbocycles. The van der Waals surface area contributed by atoms with Crippen LogP contribution >= 0.6 is 11.8 Å². The number of imide groups is 1. The summed E-state index contributed by atoms with van der Waals surface area (Å²) in [5.41, 5.74) is 1.50. The zero-order valence-corrected chi connectivity index (χ0v) is 18.1. The van der Waals surface area contributed by atoms with E-state index in [9.17, 15) is 14.0 Å². The molecule has 1 atom stereocenters. The quantitative estimate of drug-likeness (QED) is 0.655. The number of hydrogen-bond donors (Lipinski definition) is 1. The van der Waals surface area contributed by atoms with E-state index in [1.807, 2.05) is 36.4 Å². The Balaban J connectivity index is 0.00000225. The smallest absolute Gasteiger partial charge is 0.489 e. The maximum atomic E-state index is 13.7. The molecule has 1 unspecified atom stereocenters. The predicted molar refractivity (Wildman–Crippen MR) is 103 cm³/mol. The fourth-order valence-corrected chi connectivity index (χ4v) is 3.87. The predicted octanol–water partition coefficient (Wildman–Crippen LogP) is 1.46. The Kier molecular flexibility index (Phi) is 6.78. The van der Waals surface area contributed by atoms with Crippen LogP contribution in [0.5, 0.6) is 5.75 Å². The molecular formula is C21H16FNNaO3S+. The number of halogens is 1. The van der Waals surface area contributed by atoms with E-state index in [4.69, 9.17) is 4.74 Å². The van der Waals surface area contributed by atoms with Gasteiger partial charge in [0.15, 0.2) is 0 Å². The average Bonchev–Trinajstić information content (AvgIpc) is 2.98. The van der Waals surface area contributed by atoms with Crippen LogP contribution in [0.2, 0.25) is 0 Å². The Labute approximate surface area is 188 Å². The van der Waals surface area contributed by atoms with E-state index in [-0.39, 0.29) is 58.4 Å². The average molecular weight is 404 g/mol. The normalized spacial score (nSPS) is 16.0. The Bertz CT molecular complexity index is 1040. The molecule has 0 spiro atoms. The summed E-state index contributed by atoms with van der Waals surface area (Å²) in [7, 11) is 0. The van der Waals surface area contributed by atoms with Crippen LogP contribution in [0.25, 0.3) is 10.8 Å². The molecule has 7 heteroatoms. The van der Waals surface area contributed by atoms with Gasteiger partial charge in [0, 0.05) is 5.56 Å². The number of ether oxygens (including phenoxy) is 1. The molecule has 1 aliphatic rings. The molecule has 1 heterocycles. The van der Waals surface area contributed by atoms with Crippen LogP contribution in [-0.4, -0.2) is 16.4 Å². The molecule has 4 nitrogen and oxygen atoms in total. The van der Waals surface area contributed by atoms with E-state index >= 15 is 0 Å². The first-order valence-corrected chi connectivity index (χ1v) is 9.37. The summed E-state index contributed by atoms with van der Waals surface area (Å²) in [6.45, 7) is 0.165. The van der Waals surface area contributed by atoms with Gasteiger partial charge in [-0.3, -0.25) is 14.9 Å². The SMILES string of the molecule is O=C1NC(=O)C(Cc2ccc3cc(OCc4ccccc4F)ccc3c2)S1.[Na+]. The van der Waals surface area contributed by atoms with Crippen molar-refractivity contribution < 1.29 is 48.3 Å². The number of carbonyl (C=O) groups excluding carboxylic acids is 2. The van der Waals surface area contributed by atoms with E-state index < -0.39 is 0 Å². The van der Waals surface area contributed by atoms with E-state index in [1.54, 1.807) is 18.2 Å². The van der Waals surface area contributed by atoms with Crippen molar-refractivity contribution in [3.63, 3.8) is 0 Å². The summed E-state index contributed by atoms with van der Waals surface area (Å²) in [5, 5.41) is 3.64. The Morgan fingerprint density at radius 1 is 1.00 bits per heavy atom. The van der Waals surface area contributed by atoms with Crippen molar-refractivity contribution in [2.24, 2.45) is 0 Å². The minimum Gasteiger partial charge on any atom is -0.489 e. The molecule has 1 fully saturated rings. The van der Waals surface area contributed by atoms with Crippen LogP contribution in [0.1, 0.15) is 11.1 Å². The largest absolute Gasteiger partial charge is 1.00 e. The molecule has 0 aromatic heterocycles. The summed E-state index contributed by atoms with van der Waals surface area (Å²) in [6.07, 6.45) is 0.504. The van der Waals surface area contributed by atoms with E-state index in [2.05, 4.69) is 5.32 Å². The van der Waals surface area contributed by atoms with Crippen molar-refractivity contribution in [3.05, 3.63) is 77.6 Å². The molecule has 3 aromatic carbocycles. The Hall–Kier alpha value is -1.86. The van der Waals surface area contributed by atoms with Gasteiger partial charge in [-0.05, 0) is 41.0 Å². The van der Waals surface area contributed by atoms with Crippen molar-refractivity contribution in [2.75, 3.05) is 0 Å². The summed E-state index contributed by atoms with van der Waals surface area (Å²) in [5.74, 6) is 0.145. The van der Waals surface area contributed by atoms with Gasteiger partial charge in [-0.15, -0.1) is 0 Å². The van der Waals surface area contributed by atoms with Crippen molar-refractivity contribution in [2.45, 2.75) is 18.3 Å². The van der Waals surface area contributed by atoms with Crippen LogP contribution in [0.4, 0.5) is 9.18 Å². The third kappa shape index (κ3) is 4.75. The molecule has 3 aromatic rings. The van der Waals surface area contributed by atoms with Gasteiger partial charge < -0.3 is 4.74 Å². The monoisotopic (exact) mass is 404 g/mol. The Morgan fingerprint density at radius 3 is 2.50 bits per heavy atom. The second-order valence-corrected chi connectivity index (χ2v) is 7.49. The van der Waals surface area contributed by atoms with Gasteiger partial charge in [0.25, 0.3) is 5.24 Å². The summed E-state index contributed by atoms with van der Waals surface area (Å²) >= 11 is 1.03. The number of fused-ring (bicyclic) bond motifs is 1. The second kappa shape index (κ2) is 9.09. The molecular weight excluding hydrogens is 388 g/mol. The number of amides is 2. The minimum absolute atomic E-state index is 0. The van der Waals surface area contributed by atoms with Crippen LogP contribution < -0.4 is 39.6 Å². The minimum atomic E-state index is -0.377. The fraction of sp³-hybridized carbons (Fsp3) is 0.143. The maximum Gasteiger partial charge on any atom is 1.00 e. The first kappa shape index (κ1) is 20.9. The summed E-state index contributed by atoms with van der Waals surface area (Å²) in [6, 6.07) is 18.1. The fourth-order valence-electron chi connectivity index (χ4n) is 3.01. The second-order valence-electron chi connectivity index (χ2n) is 6.31. The Morgan fingerprint density at radius 2 is 1.75 bits per heavy atom. The third-order valence-corrected chi connectivity index (χ3v) is 5.40. The van der Waals surface area contributed by atoms with Crippen LogP contribution in [0, 0.1) is 5.82 Å². The number of nitrogens with one attached hydrogen (secondary N) is 1. The number of hydrogen-bond acceptors (Lipinski definition) is 4. The maximum absolute atomic E-state index is 13.7. The van der Waals surface area contributed by atoms with Gasteiger partial charge >= 0.3 is 29.6 Å². The van der Waals surface area contributed by atoms with Gasteiger partial charge in [0.05, 0.1) is 5.25 Å². The number of carbonyl (C=O) groups is 2. The molecule has 4 rings (SSSR count). The topological polar surface area (TPSA) is 55.4 Å². The van der Waals surface area contributed by atoms with Gasteiger partial charge in [-0.2, -0.15) is 0 Å². The van der Waals surface area contributed by atoms with Crippen molar-refractivity contribution in [1.82, 2.24) is 5.32 Å². The molecule has 1 saturated heterocycles. The summed E-state index contributed by atoms with van der Waals surface area (Å²) in [4.78, 5) is 23.0. The van der Waals surface area contributed by atoms with Crippen molar-refractivity contribution in [1.29, 1.82) is 0 Å². The standard InChI is InChI=1S/C21H16FNO3S.Na/c22-18-4-2-1-3-16(18)12-26-17-8-7-14-9-13(5-6-15(14)11-17)10-19-20(24)23-21(25)27-19;/h1-9,11,19H,10,12H2,(H,23,24,25);/q;+1. The number of rotatable bonds is 5. The zero-order chi connectivity index (χ0) is 18.8. The molecule has 136 valence electrons. The molecule has 0 aliphatic carbocycles.